The van der Waals surface area contributed by atoms with E-state index in [-0.39, 0.29) is 6.79 Å². The fourth-order valence-corrected chi connectivity index (χ4v) is 3.61. The highest BCUT2D eigenvalue weighted by Crippen LogP contribution is 2.32. The number of hydrogen-bond donors (Lipinski definition) is 1. The molecule has 2 aliphatic heterocycles. The van der Waals surface area contributed by atoms with E-state index in [1.54, 1.807) is 4.90 Å². The number of rotatable bonds is 3. The number of piperazine rings is 1. The molecule has 2 aromatic rings. The van der Waals surface area contributed by atoms with E-state index in [1.807, 2.05) is 50.2 Å². The fraction of sp³-hybridized carbons (Fsp3) is 0.364. The average molecular weight is 395 g/mol. The number of nitrogens with zero attached hydrogens (tertiary/aromatic N) is 2. The van der Waals surface area contributed by atoms with E-state index >= 15 is 0 Å². The summed E-state index contributed by atoms with van der Waals surface area (Å²) < 4.78 is 10.8. The molecule has 0 radical (unpaired) electrons. The number of aryl methyl sites for hydroxylation is 1. The molecule has 2 aromatic carbocycles. The van der Waals surface area contributed by atoms with Crippen LogP contribution in [0.15, 0.2) is 36.4 Å². The SMILES string of the molecule is Cc1cccc(NC(=O)C(=O)N2CCN(Cc3ccc4c(c3)OCO4)CC2)c1C. The highest BCUT2D eigenvalue weighted by atomic mass is 16.7. The van der Waals surface area contributed by atoms with E-state index in [0.29, 0.717) is 18.8 Å². The van der Waals surface area contributed by atoms with Gasteiger partial charge < -0.3 is 19.7 Å². The van der Waals surface area contributed by atoms with Crippen molar-refractivity contribution in [2.45, 2.75) is 20.4 Å². The lowest BCUT2D eigenvalue weighted by atomic mass is 10.1. The lowest BCUT2D eigenvalue weighted by Gasteiger charge is -2.34. The van der Waals surface area contributed by atoms with Crippen LogP contribution in [0.4, 0.5) is 5.69 Å². The Hall–Kier alpha value is -3.06. The highest BCUT2D eigenvalue weighted by Gasteiger charge is 2.26. The lowest BCUT2D eigenvalue weighted by Crippen LogP contribution is -2.51. The van der Waals surface area contributed by atoms with Gasteiger partial charge in [-0.25, -0.2) is 0 Å². The van der Waals surface area contributed by atoms with Crippen LogP contribution in [-0.2, 0) is 16.1 Å². The molecule has 2 heterocycles. The summed E-state index contributed by atoms with van der Waals surface area (Å²) in [5, 5.41) is 2.75. The number of benzene rings is 2. The molecule has 0 unspecified atom stereocenters. The van der Waals surface area contributed by atoms with Crippen molar-refractivity contribution in [3.8, 4) is 11.5 Å². The van der Waals surface area contributed by atoms with Crippen molar-refractivity contribution >= 4 is 17.5 Å². The minimum absolute atomic E-state index is 0.268. The van der Waals surface area contributed by atoms with Gasteiger partial charge in [-0.15, -0.1) is 0 Å². The Morgan fingerprint density at radius 3 is 2.55 bits per heavy atom. The second-order valence-electron chi connectivity index (χ2n) is 7.46. The molecule has 29 heavy (non-hydrogen) atoms. The maximum atomic E-state index is 12.6. The Bertz CT molecular complexity index is 936. The Labute approximate surface area is 170 Å². The minimum Gasteiger partial charge on any atom is -0.454 e. The van der Waals surface area contributed by atoms with Crippen molar-refractivity contribution in [3.05, 3.63) is 53.1 Å². The van der Waals surface area contributed by atoms with Crippen molar-refractivity contribution in [2.24, 2.45) is 0 Å². The van der Waals surface area contributed by atoms with Gasteiger partial charge in [-0.3, -0.25) is 14.5 Å². The van der Waals surface area contributed by atoms with E-state index in [9.17, 15) is 9.59 Å². The number of carbonyl (C=O) groups excluding carboxylic acids is 2. The van der Waals surface area contributed by atoms with Gasteiger partial charge in [0.15, 0.2) is 11.5 Å². The maximum Gasteiger partial charge on any atom is 0.313 e. The van der Waals surface area contributed by atoms with Crippen LogP contribution in [0.25, 0.3) is 0 Å². The van der Waals surface area contributed by atoms with Crippen LogP contribution >= 0.6 is 0 Å². The summed E-state index contributed by atoms with van der Waals surface area (Å²) in [5.41, 5.74) is 3.88. The van der Waals surface area contributed by atoms with Gasteiger partial charge >= 0.3 is 11.8 Å². The molecule has 0 aromatic heterocycles. The van der Waals surface area contributed by atoms with Crippen LogP contribution in [0.5, 0.6) is 11.5 Å². The highest BCUT2D eigenvalue weighted by molar-refractivity contribution is 6.39. The van der Waals surface area contributed by atoms with Crippen LogP contribution in [0, 0.1) is 13.8 Å². The third-order valence-electron chi connectivity index (χ3n) is 5.55. The molecule has 0 bridgehead atoms. The first-order valence-corrected chi connectivity index (χ1v) is 9.78. The molecule has 2 aliphatic rings. The zero-order valence-electron chi connectivity index (χ0n) is 16.7. The molecule has 0 atom stereocenters. The number of ether oxygens (including phenoxy) is 2. The van der Waals surface area contributed by atoms with Gasteiger partial charge in [0.2, 0.25) is 6.79 Å². The van der Waals surface area contributed by atoms with Crippen LogP contribution in [0.1, 0.15) is 16.7 Å². The van der Waals surface area contributed by atoms with Crippen molar-refractivity contribution in [3.63, 3.8) is 0 Å². The fourth-order valence-electron chi connectivity index (χ4n) is 3.61. The zero-order valence-corrected chi connectivity index (χ0v) is 16.7. The number of hydrogen-bond acceptors (Lipinski definition) is 5. The van der Waals surface area contributed by atoms with Crippen LogP contribution in [0.2, 0.25) is 0 Å². The Kier molecular flexibility index (Phi) is 5.40. The van der Waals surface area contributed by atoms with E-state index in [4.69, 9.17) is 9.47 Å². The van der Waals surface area contributed by atoms with E-state index in [1.165, 1.54) is 0 Å². The Morgan fingerprint density at radius 1 is 1.00 bits per heavy atom. The van der Waals surface area contributed by atoms with E-state index in [2.05, 4.69) is 10.2 Å². The molecular weight excluding hydrogens is 370 g/mol. The second-order valence-corrected chi connectivity index (χ2v) is 7.46. The molecule has 7 heteroatoms. The average Bonchev–Trinajstić information content (AvgIpc) is 3.19. The molecule has 4 rings (SSSR count). The minimum atomic E-state index is -0.581. The number of carbonyl (C=O) groups is 2. The molecular formula is C22H25N3O4. The molecule has 7 nitrogen and oxygen atoms in total. The monoisotopic (exact) mass is 395 g/mol. The van der Waals surface area contributed by atoms with Crippen LogP contribution in [-0.4, -0.2) is 54.6 Å². The van der Waals surface area contributed by atoms with Gasteiger partial charge in [-0.2, -0.15) is 0 Å². The van der Waals surface area contributed by atoms with Crippen molar-refractivity contribution in [2.75, 3.05) is 38.3 Å². The van der Waals surface area contributed by atoms with E-state index < -0.39 is 11.8 Å². The third kappa shape index (κ3) is 4.19. The summed E-state index contributed by atoms with van der Waals surface area (Å²) in [7, 11) is 0. The summed E-state index contributed by atoms with van der Waals surface area (Å²) in [6.45, 7) is 7.45. The summed E-state index contributed by atoms with van der Waals surface area (Å²) in [6, 6.07) is 11.6. The van der Waals surface area contributed by atoms with Gasteiger partial charge in [0, 0.05) is 38.4 Å². The first-order valence-electron chi connectivity index (χ1n) is 9.78. The number of nitrogens with one attached hydrogen (secondary N) is 1. The number of amides is 2. The topological polar surface area (TPSA) is 71.1 Å². The zero-order chi connectivity index (χ0) is 20.4. The van der Waals surface area contributed by atoms with Crippen LogP contribution < -0.4 is 14.8 Å². The molecule has 1 fully saturated rings. The van der Waals surface area contributed by atoms with Crippen molar-refractivity contribution in [1.29, 1.82) is 0 Å². The first-order chi connectivity index (χ1) is 14.0. The molecule has 1 saturated heterocycles. The van der Waals surface area contributed by atoms with E-state index in [0.717, 1.165) is 47.8 Å². The Balaban J connectivity index is 1.30. The number of fused-ring (bicyclic) bond motifs is 1. The first kappa shape index (κ1) is 19.3. The standard InChI is InChI=1S/C22H25N3O4/c1-15-4-3-5-18(16(15)2)23-21(26)22(27)25-10-8-24(9-11-25)13-17-6-7-19-20(12-17)29-14-28-19/h3-7,12H,8-11,13-14H2,1-2H3,(H,23,26). The van der Waals surface area contributed by atoms with Crippen LogP contribution in [0.3, 0.4) is 0 Å². The predicted molar refractivity (Wildman–Crippen MR) is 109 cm³/mol. The summed E-state index contributed by atoms with van der Waals surface area (Å²) >= 11 is 0. The van der Waals surface area contributed by atoms with Gasteiger partial charge in [-0.1, -0.05) is 18.2 Å². The largest absolute Gasteiger partial charge is 0.454 e. The normalized spacial score (nSPS) is 16.0. The Morgan fingerprint density at radius 2 is 1.76 bits per heavy atom. The van der Waals surface area contributed by atoms with Crippen molar-refractivity contribution < 1.29 is 19.1 Å². The maximum absolute atomic E-state index is 12.6. The predicted octanol–water partition coefficient (Wildman–Crippen LogP) is 2.32. The summed E-state index contributed by atoms with van der Waals surface area (Å²) in [5.74, 6) is 0.495. The van der Waals surface area contributed by atoms with Crippen molar-refractivity contribution in [1.82, 2.24) is 9.80 Å². The summed E-state index contributed by atoms with van der Waals surface area (Å²) in [4.78, 5) is 28.9. The third-order valence-corrected chi connectivity index (χ3v) is 5.55. The molecule has 0 saturated carbocycles. The quantitative estimate of drug-likeness (QED) is 0.808. The van der Waals surface area contributed by atoms with Gasteiger partial charge in [-0.05, 0) is 48.7 Å². The van der Waals surface area contributed by atoms with Gasteiger partial charge in [0.1, 0.15) is 0 Å². The molecule has 0 aliphatic carbocycles. The molecule has 2 amide bonds. The summed E-state index contributed by atoms with van der Waals surface area (Å²) in [6.07, 6.45) is 0. The molecule has 1 N–H and O–H groups in total. The lowest BCUT2D eigenvalue weighted by molar-refractivity contribution is -0.144. The molecule has 0 spiro atoms. The van der Waals surface area contributed by atoms with Gasteiger partial charge in [0.25, 0.3) is 0 Å². The second kappa shape index (κ2) is 8.13. The smallest absolute Gasteiger partial charge is 0.313 e. The number of anilines is 1. The molecule has 152 valence electrons. The van der Waals surface area contributed by atoms with Gasteiger partial charge in [0.05, 0.1) is 0 Å².